The maximum Gasteiger partial charge on any atom is 1.00 e. The molecule has 2 aliphatic rings. The molecule has 0 spiro atoms. The van der Waals surface area contributed by atoms with Gasteiger partial charge in [0, 0.05) is 41.0 Å². The standard InChI is InChI=1S/C24H25NO5.C13H13NO4.C12H15ClO.CH2O3.CH4.2Cs.Na.H2O.H/c1-24(2)10-12-28-22-8-3-16(13-20(22)24)15-29-18-6-4-17(5-7-18)19(14-23(26)27)21-9-11-30-25-21;1-17-13(16)8-11(12-6-7-18-14-12)9-2-4-10(15)5-3-9;1-12(2)5-6-14-11-4-3-9(8-13)7-10(11)12;2-1-4-3;;;;;;/h3-9,11,13,19H,10,12,14-15H2,1-2H3,(H,26,27);2-7,11,15H,8H2,1H3;3-4,7H,5-6,8H2,1-2H3;1,3H;1H4;;;;1H2;/q;;;;;3*+1;;-1/p-2/t19-;11-;;;;;;;;/m00......../s1. The first kappa shape index (κ1) is 69.2. The van der Waals surface area contributed by atoms with E-state index in [1.54, 1.807) is 36.4 Å². The Kier molecular flexibility index (Phi) is 33.9. The van der Waals surface area contributed by atoms with Crippen LogP contribution in [0.5, 0.6) is 23.0 Å². The molecule has 0 bridgehead atoms. The third-order valence-electron chi connectivity index (χ3n) is 11.3. The third kappa shape index (κ3) is 21.4. The summed E-state index contributed by atoms with van der Waals surface area (Å²) in [6, 6.07) is 30.0. The number of carboxylic acids is 1. The van der Waals surface area contributed by atoms with Crippen molar-refractivity contribution in [2.45, 2.75) is 96.0 Å². The quantitative estimate of drug-likeness (QED) is 0.0400. The number of esters is 1. The second-order valence-corrected chi connectivity index (χ2v) is 17.0. The van der Waals surface area contributed by atoms with Crippen molar-refractivity contribution < 1.29 is 237 Å². The molecule has 368 valence electrons. The van der Waals surface area contributed by atoms with E-state index in [0.29, 0.717) is 23.9 Å². The van der Waals surface area contributed by atoms with Crippen LogP contribution in [0.25, 0.3) is 0 Å². The molecule has 2 aromatic heterocycles. The molecule has 16 nitrogen and oxygen atoms in total. The molecule has 2 atom stereocenters. The van der Waals surface area contributed by atoms with Crippen molar-refractivity contribution in [1.82, 2.24) is 10.3 Å². The predicted molar refractivity (Wildman–Crippen MR) is 250 cm³/mol. The molecule has 0 aliphatic carbocycles. The average Bonchev–Trinajstić information content (AvgIpc) is 4.07. The van der Waals surface area contributed by atoms with Gasteiger partial charge in [-0.2, -0.15) is 0 Å². The minimum absolute atomic E-state index is 0. The zero-order chi connectivity index (χ0) is 47.7. The Morgan fingerprint density at radius 2 is 1.23 bits per heavy atom. The van der Waals surface area contributed by atoms with Gasteiger partial charge in [-0.25, -0.2) is 0 Å². The summed E-state index contributed by atoms with van der Waals surface area (Å²) in [6.07, 6.45) is 5.10. The molecule has 0 amide bonds. The van der Waals surface area contributed by atoms with Gasteiger partial charge < -0.3 is 55.3 Å². The predicted octanol–water partition coefficient (Wildman–Crippen LogP) is 0.500. The molecule has 3 N–H and O–H groups in total. The van der Waals surface area contributed by atoms with Crippen molar-refractivity contribution in [2.75, 3.05) is 20.3 Å². The van der Waals surface area contributed by atoms with Crippen LogP contribution in [0.1, 0.15) is 119 Å². The maximum atomic E-state index is 11.4. The van der Waals surface area contributed by atoms with Gasteiger partial charge >= 0.3 is 179 Å². The fourth-order valence-electron chi connectivity index (χ4n) is 7.42. The molecule has 4 aromatic carbocycles. The number of fused-ring (bicyclic) bond motifs is 2. The van der Waals surface area contributed by atoms with Gasteiger partial charge in [0.15, 0.2) is 0 Å². The molecule has 0 saturated heterocycles. The van der Waals surface area contributed by atoms with E-state index in [9.17, 15) is 19.8 Å². The normalized spacial score (nSPS) is 13.6. The fourth-order valence-corrected chi connectivity index (χ4v) is 7.59. The molecule has 2 aliphatic heterocycles. The largest absolute Gasteiger partial charge is 1.00 e. The van der Waals surface area contributed by atoms with E-state index >= 15 is 0 Å². The van der Waals surface area contributed by atoms with Crippen LogP contribution < -0.4 is 187 Å². The number of carboxylic acid groups (broad SMARTS) is 1. The van der Waals surface area contributed by atoms with Crippen LogP contribution in [0.3, 0.4) is 0 Å². The van der Waals surface area contributed by atoms with Crippen LogP contribution in [0.2, 0.25) is 0 Å². The van der Waals surface area contributed by atoms with E-state index in [1.165, 1.54) is 36.3 Å². The summed E-state index contributed by atoms with van der Waals surface area (Å²) in [5, 5.41) is 34.7. The monoisotopic (exact) mass is 1250 g/mol. The summed E-state index contributed by atoms with van der Waals surface area (Å²) >= 11 is 5.82. The first-order valence-electron chi connectivity index (χ1n) is 21.1. The van der Waals surface area contributed by atoms with Gasteiger partial charge in [0.1, 0.15) is 42.1 Å². The number of hydrogen-bond acceptors (Lipinski definition) is 15. The summed E-state index contributed by atoms with van der Waals surface area (Å²) in [5.74, 6) is 1.64. The van der Waals surface area contributed by atoms with Gasteiger partial charge in [-0.3, -0.25) is 14.4 Å². The number of benzene rings is 4. The zero-order valence-electron chi connectivity index (χ0n) is 41.9. The number of rotatable bonds is 13. The number of carbonyl (C=O) groups is 3. The van der Waals surface area contributed by atoms with Crippen molar-refractivity contribution >= 4 is 30.0 Å². The van der Waals surface area contributed by atoms with Crippen molar-refractivity contribution in [3.8, 4) is 23.0 Å². The minimum Gasteiger partial charge on any atom is -1.00 e. The molecule has 20 heteroatoms. The first-order valence-corrected chi connectivity index (χ1v) is 21.6. The van der Waals surface area contributed by atoms with E-state index in [-0.39, 0.29) is 235 Å². The molecule has 4 heterocycles. The summed E-state index contributed by atoms with van der Waals surface area (Å²) in [4.78, 5) is 33.9. The summed E-state index contributed by atoms with van der Waals surface area (Å²) in [6.45, 7) is 10.8. The van der Waals surface area contributed by atoms with Gasteiger partial charge in [-0.15, -0.1) is 11.6 Å². The van der Waals surface area contributed by atoms with Crippen molar-refractivity contribution in [2.24, 2.45) is 0 Å². The number of halogens is 1. The van der Waals surface area contributed by atoms with Gasteiger partial charge in [0.05, 0.1) is 44.6 Å². The number of ether oxygens (including phenoxy) is 4. The van der Waals surface area contributed by atoms with Crippen molar-refractivity contribution in [3.05, 3.63) is 154 Å². The molecule has 0 fully saturated rings. The summed E-state index contributed by atoms with van der Waals surface area (Å²) in [7, 11) is 1.35. The smallest absolute Gasteiger partial charge is 1.00 e. The van der Waals surface area contributed by atoms with E-state index in [4.69, 9.17) is 44.9 Å². The molecular weight excluding hydrogens is 1190 g/mol. The summed E-state index contributed by atoms with van der Waals surface area (Å²) < 4.78 is 31.7. The Hall–Kier alpha value is -1.78. The van der Waals surface area contributed by atoms with Gasteiger partial charge in [0.25, 0.3) is 6.47 Å². The number of nitrogens with zero attached hydrogens (tertiary/aromatic N) is 2. The molecule has 0 radical (unpaired) electrons. The Morgan fingerprint density at radius 3 is 1.65 bits per heavy atom. The van der Waals surface area contributed by atoms with Crippen molar-refractivity contribution in [1.29, 1.82) is 0 Å². The molecule has 71 heavy (non-hydrogen) atoms. The minimum atomic E-state index is -0.886. The molecule has 0 unspecified atom stereocenters. The van der Waals surface area contributed by atoms with Crippen LogP contribution in [0.15, 0.2) is 119 Å². The fraction of sp³-hybridized carbons (Fsp3) is 0.353. The number of phenolic OH excluding ortho intramolecular Hbond substituents is 1. The van der Waals surface area contributed by atoms with E-state index in [0.717, 1.165) is 60.0 Å². The SMILES string of the molecule is C.CC1(C)CCOc2ccc(CCl)cc21.CC1(C)CCOc2ccc(COc3ccc([C@H](CC(=O)O)c4ccon4)cc3)cc21.COC(=O)C[C@@H](c1ccc(O)cc1)c1ccon1.O=CO[O-].[Cs+].[Cs+].[H-].[Na+].[OH-]. The molecular formula is C51H60ClCs2N2NaO14. The first-order chi connectivity index (χ1) is 31.7. The topological polar surface area (TPSA) is 243 Å². The number of aromatic nitrogens is 2. The van der Waals surface area contributed by atoms with Crippen LogP contribution in [0, 0.1) is 0 Å². The Balaban J connectivity index is 0. The second-order valence-electron chi connectivity index (χ2n) is 16.7. The summed E-state index contributed by atoms with van der Waals surface area (Å²) in [5.41, 5.74) is 8.05. The molecule has 6 aromatic rings. The average molecular weight is 1250 g/mol. The van der Waals surface area contributed by atoms with Crippen molar-refractivity contribution in [3.63, 3.8) is 0 Å². The number of aliphatic carboxylic acids is 1. The Bertz CT molecular complexity index is 2470. The van der Waals surface area contributed by atoms with E-state index in [1.807, 2.05) is 48.5 Å². The van der Waals surface area contributed by atoms with Crippen LogP contribution in [-0.2, 0) is 47.3 Å². The Labute approximate surface area is 561 Å². The molecule has 0 saturated carbocycles. The number of alkyl halides is 1. The third-order valence-corrected chi connectivity index (χ3v) is 11.6. The number of aromatic hydroxyl groups is 1. The van der Waals surface area contributed by atoms with Crippen LogP contribution in [0.4, 0.5) is 0 Å². The van der Waals surface area contributed by atoms with Crippen LogP contribution >= 0.6 is 11.6 Å². The number of phenols is 1. The number of methoxy groups -OCH3 is 1. The van der Waals surface area contributed by atoms with E-state index in [2.05, 4.69) is 59.8 Å². The van der Waals surface area contributed by atoms with Gasteiger partial charge in [-0.05, 0) is 88.4 Å². The van der Waals surface area contributed by atoms with Gasteiger partial charge in [-0.1, -0.05) is 87.9 Å². The zero-order valence-corrected chi connectivity index (χ0v) is 56.2. The number of hydrogen-bond donors (Lipinski definition) is 2. The van der Waals surface area contributed by atoms with E-state index < -0.39 is 5.97 Å². The van der Waals surface area contributed by atoms with Crippen LogP contribution in [-0.4, -0.2) is 64.7 Å². The maximum absolute atomic E-state index is 11.4. The molecule has 8 rings (SSSR count). The second kappa shape index (κ2) is 34.7. The van der Waals surface area contributed by atoms with Gasteiger partial charge in [0.2, 0.25) is 0 Å². The number of carbonyl (C=O) groups excluding carboxylic acids is 2. The Morgan fingerprint density at radius 1 is 0.775 bits per heavy atom.